The summed E-state index contributed by atoms with van der Waals surface area (Å²) in [4.78, 5) is 69.2. The Bertz CT molecular complexity index is 910. The van der Waals surface area contributed by atoms with Crippen LogP contribution in [0.1, 0.15) is 129 Å². The Hall–Kier alpha value is -2.74. The molecule has 0 unspecified atom stereocenters. The molecular formula is C36H63NO12. The molecule has 0 aliphatic carbocycles. The van der Waals surface area contributed by atoms with Crippen LogP contribution in [0.15, 0.2) is 0 Å². The minimum atomic E-state index is -1.07. The van der Waals surface area contributed by atoms with Crippen molar-refractivity contribution in [3.63, 3.8) is 0 Å². The van der Waals surface area contributed by atoms with Crippen LogP contribution < -0.4 is 5.32 Å². The summed E-state index contributed by atoms with van der Waals surface area (Å²) in [5.41, 5.74) is 0. The lowest BCUT2D eigenvalue weighted by molar-refractivity contribution is -0.144. The van der Waals surface area contributed by atoms with Gasteiger partial charge in [-0.1, -0.05) is 64.2 Å². The second kappa shape index (κ2) is 33.7. The van der Waals surface area contributed by atoms with Crippen molar-refractivity contribution >= 4 is 35.2 Å². The third-order valence-electron chi connectivity index (χ3n) is 7.76. The molecule has 13 heteroatoms. The molecule has 0 spiro atoms. The second-order valence-electron chi connectivity index (χ2n) is 12.5. The first-order chi connectivity index (χ1) is 23.6. The van der Waals surface area contributed by atoms with Crippen LogP contribution in [0, 0.1) is 5.92 Å². The molecule has 0 aromatic rings. The van der Waals surface area contributed by atoms with E-state index in [2.05, 4.69) is 5.32 Å². The molecule has 284 valence electrons. The lowest BCUT2D eigenvalue weighted by atomic mass is 9.94. The van der Waals surface area contributed by atoms with Gasteiger partial charge in [0.2, 0.25) is 5.91 Å². The Morgan fingerprint density at radius 1 is 0.531 bits per heavy atom. The van der Waals surface area contributed by atoms with Crippen LogP contribution in [-0.2, 0) is 47.7 Å². The highest BCUT2D eigenvalue weighted by molar-refractivity contribution is 5.84. The molecule has 13 nitrogen and oxygen atoms in total. The van der Waals surface area contributed by atoms with Gasteiger partial charge < -0.3 is 34.5 Å². The maximum absolute atomic E-state index is 12.4. The predicted molar refractivity (Wildman–Crippen MR) is 183 cm³/mol. The van der Waals surface area contributed by atoms with Gasteiger partial charge in [0.1, 0.15) is 19.0 Å². The number of ketones is 3. The van der Waals surface area contributed by atoms with E-state index in [-0.39, 0.29) is 88.5 Å². The topological polar surface area (TPSA) is 192 Å². The number of nitrogens with one attached hydrogen (secondary N) is 1. The first-order valence-electron chi connectivity index (χ1n) is 18.2. The van der Waals surface area contributed by atoms with Crippen molar-refractivity contribution < 1.29 is 57.9 Å². The molecule has 0 aromatic heterocycles. The number of carboxylic acid groups (broad SMARTS) is 2. The molecule has 0 saturated carbocycles. The molecule has 0 aromatic carbocycles. The quantitative estimate of drug-likeness (QED) is 0.0724. The number of Topliss-reactive ketones (excluding diaryl/α,β-unsaturated/α-hetero) is 3. The van der Waals surface area contributed by atoms with Crippen molar-refractivity contribution in [2.75, 3.05) is 59.4 Å². The van der Waals surface area contributed by atoms with Crippen molar-refractivity contribution in [3.05, 3.63) is 0 Å². The number of hydrogen-bond acceptors (Lipinski definition) is 10. The normalized spacial score (nSPS) is 11.7. The second-order valence-corrected chi connectivity index (χ2v) is 12.5. The number of ether oxygens (including phenoxy) is 4. The molecule has 49 heavy (non-hydrogen) atoms. The lowest BCUT2D eigenvalue weighted by Gasteiger charge is -2.12. The number of hydrogen-bond donors (Lipinski definition) is 3. The van der Waals surface area contributed by atoms with Crippen LogP contribution in [0.5, 0.6) is 0 Å². The van der Waals surface area contributed by atoms with E-state index in [1.54, 1.807) is 0 Å². The van der Waals surface area contributed by atoms with Gasteiger partial charge >= 0.3 is 11.9 Å². The SMILES string of the molecule is CC(=O)COCCOCCCC(=O)COCCOCCNC(=O)CC[C@H](CC(=O)CCCCCCCCCCCCCCC(=O)O)C(=O)O. The zero-order chi connectivity index (χ0) is 36.4. The first kappa shape index (κ1) is 46.3. The van der Waals surface area contributed by atoms with Gasteiger partial charge in [0.05, 0.1) is 39.0 Å². The number of carbonyl (C=O) groups is 6. The molecule has 0 saturated heterocycles. The molecule has 0 aliphatic heterocycles. The highest BCUT2D eigenvalue weighted by Crippen LogP contribution is 2.16. The summed E-state index contributed by atoms with van der Waals surface area (Å²) in [6.45, 7) is 3.62. The third kappa shape index (κ3) is 34.9. The highest BCUT2D eigenvalue weighted by Gasteiger charge is 2.22. The fraction of sp³-hybridized carbons (Fsp3) is 0.833. The largest absolute Gasteiger partial charge is 0.481 e. The summed E-state index contributed by atoms with van der Waals surface area (Å²) in [5.74, 6) is -3.12. The summed E-state index contributed by atoms with van der Waals surface area (Å²) in [7, 11) is 0. The highest BCUT2D eigenvalue weighted by atomic mass is 16.5. The molecule has 0 radical (unpaired) electrons. The Balaban J connectivity index is 3.68. The number of carboxylic acids is 2. The molecule has 0 aliphatic rings. The van der Waals surface area contributed by atoms with Crippen molar-refractivity contribution in [2.45, 2.75) is 129 Å². The average molecular weight is 702 g/mol. The average Bonchev–Trinajstić information content (AvgIpc) is 3.05. The van der Waals surface area contributed by atoms with Gasteiger partial charge in [-0.05, 0) is 32.6 Å². The van der Waals surface area contributed by atoms with Gasteiger partial charge in [-0.2, -0.15) is 0 Å². The number of rotatable bonds is 38. The Morgan fingerprint density at radius 3 is 1.57 bits per heavy atom. The molecule has 0 heterocycles. The molecule has 3 N–H and O–H groups in total. The van der Waals surface area contributed by atoms with Gasteiger partial charge in [-0.25, -0.2) is 0 Å². The van der Waals surface area contributed by atoms with E-state index in [1.807, 2.05) is 0 Å². The Labute approximate surface area is 292 Å². The van der Waals surface area contributed by atoms with Gasteiger partial charge in [0.15, 0.2) is 11.6 Å². The number of amides is 1. The van der Waals surface area contributed by atoms with Gasteiger partial charge in [0.25, 0.3) is 0 Å². The van der Waals surface area contributed by atoms with Crippen LogP contribution >= 0.6 is 0 Å². The minimum absolute atomic E-state index is 0.0128. The molecule has 1 atom stereocenters. The lowest BCUT2D eigenvalue weighted by Crippen LogP contribution is -2.29. The van der Waals surface area contributed by atoms with E-state index >= 15 is 0 Å². The van der Waals surface area contributed by atoms with E-state index in [0.29, 0.717) is 39.1 Å². The standard InChI is InChI=1S/C36H63NO12/c1-30(38)28-48-25-23-46-21-14-16-33(40)29-49-26-24-47-22-20-37-34(41)19-18-31(36(44)45)27-32(39)15-12-10-8-6-4-2-3-5-7-9-11-13-17-35(42)43/h31H,2-29H2,1H3,(H,37,41)(H,42,43)(H,44,45)/t31-/m1/s1. The van der Waals surface area contributed by atoms with E-state index in [4.69, 9.17) is 24.1 Å². The molecule has 0 fully saturated rings. The fourth-order valence-electron chi connectivity index (χ4n) is 5.00. The summed E-state index contributed by atoms with van der Waals surface area (Å²) < 4.78 is 21.1. The van der Waals surface area contributed by atoms with Crippen LogP contribution in [0.3, 0.4) is 0 Å². The maximum Gasteiger partial charge on any atom is 0.306 e. The van der Waals surface area contributed by atoms with Crippen LogP contribution in [-0.4, -0.2) is 105 Å². The third-order valence-corrected chi connectivity index (χ3v) is 7.76. The number of carbonyl (C=O) groups excluding carboxylic acids is 4. The van der Waals surface area contributed by atoms with Crippen LogP contribution in [0.25, 0.3) is 0 Å². The summed E-state index contributed by atoms with van der Waals surface area (Å²) in [6, 6.07) is 0. The van der Waals surface area contributed by atoms with Crippen molar-refractivity contribution in [2.24, 2.45) is 5.92 Å². The van der Waals surface area contributed by atoms with E-state index in [1.165, 1.54) is 32.6 Å². The Kier molecular flexibility index (Phi) is 31.9. The first-order valence-corrected chi connectivity index (χ1v) is 18.2. The summed E-state index contributed by atoms with van der Waals surface area (Å²) in [5, 5.41) is 20.8. The van der Waals surface area contributed by atoms with Crippen molar-refractivity contribution in [3.8, 4) is 0 Å². The molecule has 1 amide bonds. The smallest absolute Gasteiger partial charge is 0.306 e. The molecular weight excluding hydrogens is 638 g/mol. The minimum Gasteiger partial charge on any atom is -0.481 e. The predicted octanol–water partition coefficient (Wildman–Crippen LogP) is 5.09. The van der Waals surface area contributed by atoms with Gasteiger partial charge in [0, 0.05) is 45.3 Å². The molecule has 0 bridgehead atoms. The zero-order valence-corrected chi connectivity index (χ0v) is 29.9. The molecule has 0 rings (SSSR count). The monoisotopic (exact) mass is 701 g/mol. The van der Waals surface area contributed by atoms with Crippen LogP contribution in [0.2, 0.25) is 0 Å². The summed E-state index contributed by atoms with van der Waals surface area (Å²) >= 11 is 0. The zero-order valence-electron chi connectivity index (χ0n) is 29.9. The Morgan fingerprint density at radius 2 is 1.02 bits per heavy atom. The van der Waals surface area contributed by atoms with E-state index in [9.17, 15) is 33.9 Å². The van der Waals surface area contributed by atoms with Gasteiger partial charge in [-0.15, -0.1) is 0 Å². The van der Waals surface area contributed by atoms with Gasteiger partial charge in [-0.3, -0.25) is 28.8 Å². The fourth-order valence-corrected chi connectivity index (χ4v) is 5.00. The number of unbranched alkanes of at least 4 members (excludes halogenated alkanes) is 11. The summed E-state index contributed by atoms with van der Waals surface area (Å²) in [6.07, 6.45) is 14.2. The van der Waals surface area contributed by atoms with Crippen LogP contribution in [0.4, 0.5) is 0 Å². The van der Waals surface area contributed by atoms with Crippen molar-refractivity contribution in [1.29, 1.82) is 0 Å². The number of aliphatic carboxylic acids is 2. The van der Waals surface area contributed by atoms with Crippen molar-refractivity contribution in [1.82, 2.24) is 5.32 Å². The maximum atomic E-state index is 12.4. The van der Waals surface area contributed by atoms with E-state index < -0.39 is 17.9 Å². The van der Waals surface area contributed by atoms with E-state index in [0.717, 1.165) is 51.4 Å².